The summed E-state index contributed by atoms with van der Waals surface area (Å²) in [7, 11) is 0. The summed E-state index contributed by atoms with van der Waals surface area (Å²) in [6, 6.07) is 4.90. The van der Waals surface area contributed by atoms with Crippen LogP contribution in [0.5, 0.6) is 0 Å². The van der Waals surface area contributed by atoms with E-state index in [-0.39, 0.29) is 24.2 Å². The molecule has 0 spiro atoms. The molecule has 10 nitrogen and oxygen atoms in total. The van der Waals surface area contributed by atoms with Crippen LogP contribution in [0.25, 0.3) is 22.5 Å². The molecule has 1 aliphatic rings. The van der Waals surface area contributed by atoms with Gasteiger partial charge in [0.2, 0.25) is 0 Å². The smallest absolute Gasteiger partial charge is 0.325 e. The van der Waals surface area contributed by atoms with Crippen molar-refractivity contribution in [2.45, 2.75) is 25.9 Å². The zero-order valence-corrected chi connectivity index (χ0v) is 12.9. The van der Waals surface area contributed by atoms with Crippen LogP contribution >= 0.6 is 0 Å². The third-order valence-electron chi connectivity index (χ3n) is 3.79. The maximum absolute atomic E-state index is 12.2. The topological polar surface area (TPSA) is 130 Å². The first kappa shape index (κ1) is 14.3. The molecule has 0 aliphatic carbocycles. The van der Waals surface area contributed by atoms with Crippen molar-refractivity contribution in [1.29, 1.82) is 0 Å². The van der Waals surface area contributed by atoms with Crippen molar-refractivity contribution < 1.29 is 14.1 Å². The summed E-state index contributed by atoms with van der Waals surface area (Å²) in [6.07, 6.45) is 0. The van der Waals surface area contributed by atoms with E-state index in [4.69, 9.17) is 4.52 Å². The summed E-state index contributed by atoms with van der Waals surface area (Å²) in [6.45, 7) is 3.21. The number of hydrogen-bond donors (Lipinski definition) is 2. The second-order valence-corrected chi connectivity index (χ2v) is 5.96. The number of aromatic nitrogens is 5. The lowest BCUT2D eigenvalue weighted by Gasteiger charge is -2.14. The average molecular weight is 327 g/mol. The summed E-state index contributed by atoms with van der Waals surface area (Å²) in [5.41, 5.74) is 0.958. The molecule has 0 radical (unpaired) electrons. The molecule has 0 saturated carbocycles. The molecule has 3 aromatic rings. The molecule has 24 heavy (non-hydrogen) atoms. The minimum Gasteiger partial charge on any atom is -0.334 e. The van der Waals surface area contributed by atoms with Crippen molar-refractivity contribution >= 4 is 23.0 Å². The van der Waals surface area contributed by atoms with Crippen LogP contribution in [-0.2, 0) is 11.3 Å². The van der Waals surface area contributed by atoms with E-state index in [1.165, 1.54) is 0 Å². The number of aromatic amines is 1. The minimum atomic E-state index is -0.935. The van der Waals surface area contributed by atoms with Gasteiger partial charge in [-0.3, -0.25) is 9.69 Å². The van der Waals surface area contributed by atoms with Crippen LogP contribution in [0, 0.1) is 0 Å². The molecule has 3 amide bonds. The molecule has 4 rings (SSSR count). The molecule has 1 aromatic carbocycles. The van der Waals surface area contributed by atoms with E-state index in [0.717, 1.165) is 4.90 Å². The quantitative estimate of drug-likeness (QED) is 0.682. The number of imide groups is 1. The van der Waals surface area contributed by atoms with Crippen LogP contribution in [0.4, 0.5) is 4.79 Å². The summed E-state index contributed by atoms with van der Waals surface area (Å²) in [4.78, 5) is 29.4. The molecule has 2 N–H and O–H groups in total. The number of rotatable bonds is 3. The fourth-order valence-electron chi connectivity index (χ4n) is 2.57. The van der Waals surface area contributed by atoms with Gasteiger partial charge in [-0.1, -0.05) is 11.2 Å². The fourth-order valence-corrected chi connectivity index (χ4v) is 2.57. The highest BCUT2D eigenvalue weighted by molar-refractivity contribution is 6.06. The number of carbonyl (C=O) groups excluding carboxylic acids is 2. The van der Waals surface area contributed by atoms with E-state index < -0.39 is 11.6 Å². The molecule has 10 heteroatoms. The van der Waals surface area contributed by atoms with E-state index in [2.05, 4.69) is 30.9 Å². The first-order valence-corrected chi connectivity index (χ1v) is 7.22. The van der Waals surface area contributed by atoms with Gasteiger partial charge in [0.15, 0.2) is 5.82 Å². The Morgan fingerprint density at radius 3 is 2.83 bits per heavy atom. The van der Waals surface area contributed by atoms with Crippen molar-refractivity contribution in [3.05, 3.63) is 24.0 Å². The molecule has 0 bridgehead atoms. The lowest BCUT2D eigenvalue weighted by molar-refractivity contribution is -0.130. The zero-order valence-electron chi connectivity index (χ0n) is 12.9. The largest absolute Gasteiger partial charge is 0.334 e. The predicted molar refractivity (Wildman–Crippen MR) is 80.3 cm³/mol. The number of carbonyl (C=O) groups is 2. The van der Waals surface area contributed by atoms with Gasteiger partial charge in [-0.25, -0.2) is 4.79 Å². The first-order chi connectivity index (χ1) is 11.5. The SMILES string of the molecule is CC1(C)NC(=O)N(Cc2noc(-c3cccc4n[nH]nc34)n2)C1=O. The van der Waals surface area contributed by atoms with E-state index in [0.29, 0.717) is 16.6 Å². The Morgan fingerprint density at radius 2 is 2.08 bits per heavy atom. The number of para-hydroxylation sites is 1. The lowest BCUT2D eigenvalue weighted by atomic mass is 10.1. The molecule has 0 unspecified atom stereocenters. The number of nitrogens with one attached hydrogen (secondary N) is 2. The number of benzene rings is 1. The number of nitrogens with zero attached hydrogens (tertiary/aromatic N) is 5. The molecule has 1 aliphatic heterocycles. The molecule has 1 saturated heterocycles. The number of urea groups is 1. The molecular weight excluding hydrogens is 314 g/mol. The second kappa shape index (κ2) is 4.85. The molecular formula is C14H13N7O3. The highest BCUT2D eigenvalue weighted by atomic mass is 16.5. The Labute approximate surface area is 135 Å². The molecule has 3 heterocycles. The van der Waals surface area contributed by atoms with Gasteiger partial charge in [-0.2, -0.15) is 20.4 Å². The van der Waals surface area contributed by atoms with Gasteiger partial charge in [0.05, 0.1) is 12.1 Å². The minimum absolute atomic E-state index is 0.0631. The molecule has 122 valence electrons. The predicted octanol–water partition coefficient (Wildman–Crippen LogP) is 0.838. The zero-order chi connectivity index (χ0) is 16.9. The van der Waals surface area contributed by atoms with Crippen LogP contribution in [0.15, 0.2) is 22.7 Å². The third kappa shape index (κ3) is 2.11. The standard InChI is InChI=1S/C14H13N7O3/c1-14(2)12(22)21(13(23)16-14)6-9-15-11(24-19-9)7-4-3-5-8-10(7)18-20-17-8/h3-5H,6H2,1-2H3,(H,16,23)(H,17,18,20). The highest BCUT2D eigenvalue weighted by Gasteiger charge is 2.44. The summed E-state index contributed by atoms with van der Waals surface area (Å²) >= 11 is 0. The number of fused-ring (bicyclic) bond motifs is 1. The monoisotopic (exact) mass is 327 g/mol. The van der Waals surface area contributed by atoms with Gasteiger partial charge in [0.1, 0.15) is 16.6 Å². The second-order valence-electron chi connectivity index (χ2n) is 5.96. The van der Waals surface area contributed by atoms with E-state index in [1.54, 1.807) is 32.0 Å². The lowest BCUT2D eigenvalue weighted by Crippen LogP contribution is -2.40. The van der Waals surface area contributed by atoms with Crippen LogP contribution in [-0.4, -0.2) is 47.9 Å². The normalized spacial score (nSPS) is 16.8. The summed E-state index contributed by atoms with van der Waals surface area (Å²) in [5.74, 6) is 0.139. The molecule has 1 fully saturated rings. The Balaban J connectivity index is 1.63. The Morgan fingerprint density at radius 1 is 1.25 bits per heavy atom. The molecule has 2 aromatic heterocycles. The van der Waals surface area contributed by atoms with Gasteiger partial charge in [-0.05, 0) is 26.0 Å². The van der Waals surface area contributed by atoms with Gasteiger partial charge in [0, 0.05) is 0 Å². The van der Waals surface area contributed by atoms with Crippen molar-refractivity contribution in [3.63, 3.8) is 0 Å². The number of hydrogen-bond acceptors (Lipinski definition) is 7. The average Bonchev–Trinajstić information content (AvgIpc) is 3.23. The van der Waals surface area contributed by atoms with Crippen LogP contribution in [0.3, 0.4) is 0 Å². The Hall–Kier alpha value is -3.30. The van der Waals surface area contributed by atoms with Crippen molar-refractivity contribution in [1.82, 2.24) is 35.8 Å². The summed E-state index contributed by atoms with van der Waals surface area (Å²) < 4.78 is 5.25. The summed E-state index contributed by atoms with van der Waals surface area (Å²) in [5, 5.41) is 17.0. The third-order valence-corrected chi connectivity index (χ3v) is 3.79. The fraction of sp³-hybridized carbons (Fsp3) is 0.286. The van der Waals surface area contributed by atoms with Gasteiger partial charge in [0.25, 0.3) is 11.8 Å². The molecule has 0 atom stereocenters. The Bertz CT molecular complexity index is 958. The maximum atomic E-state index is 12.2. The van der Waals surface area contributed by atoms with Crippen molar-refractivity contribution in [3.8, 4) is 11.5 Å². The van der Waals surface area contributed by atoms with Gasteiger partial charge in [-0.15, -0.1) is 0 Å². The van der Waals surface area contributed by atoms with E-state index in [9.17, 15) is 9.59 Å². The van der Waals surface area contributed by atoms with E-state index >= 15 is 0 Å². The maximum Gasteiger partial charge on any atom is 0.325 e. The van der Waals surface area contributed by atoms with Crippen molar-refractivity contribution in [2.24, 2.45) is 0 Å². The van der Waals surface area contributed by atoms with Crippen LogP contribution < -0.4 is 5.32 Å². The van der Waals surface area contributed by atoms with Gasteiger partial charge < -0.3 is 9.84 Å². The number of H-pyrrole nitrogens is 1. The van der Waals surface area contributed by atoms with E-state index in [1.807, 2.05) is 0 Å². The first-order valence-electron chi connectivity index (χ1n) is 7.22. The van der Waals surface area contributed by atoms with Crippen LogP contribution in [0.2, 0.25) is 0 Å². The highest BCUT2D eigenvalue weighted by Crippen LogP contribution is 2.25. The Kier molecular flexibility index (Phi) is 2.89. The van der Waals surface area contributed by atoms with Gasteiger partial charge >= 0.3 is 6.03 Å². The van der Waals surface area contributed by atoms with Crippen LogP contribution in [0.1, 0.15) is 19.7 Å². The number of amides is 3. The van der Waals surface area contributed by atoms with Crippen molar-refractivity contribution in [2.75, 3.05) is 0 Å².